The molecule has 0 aliphatic heterocycles. The van der Waals surface area contributed by atoms with Crippen LogP contribution in [-0.2, 0) is 0 Å². The van der Waals surface area contributed by atoms with Gasteiger partial charge in [-0.1, -0.05) is 92.4 Å². The molecule has 0 fully saturated rings. The summed E-state index contributed by atoms with van der Waals surface area (Å²) >= 11 is 0. The Morgan fingerprint density at radius 3 is 1.94 bits per heavy atom. The first kappa shape index (κ1) is 18.0. The molecule has 18 heavy (non-hydrogen) atoms. The van der Waals surface area contributed by atoms with Crippen molar-refractivity contribution in [2.45, 2.75) is 105 Å². The first-order valence-corrected chi connectivity index (χ1v) is 8.52. The van der Waals surface area contributed by atoms with E-state index >= 15 is 0 Å². The molecule has 0 aromatic heterocycles. The summed E-state index contributed by atoms with van der Waals surface area (Å²) in [7, 11) is 0. The number of rotatable bonds is 12. The minimum atomic E-state index is 0.567. The predicted octanol–water partition coefficient (Wildman–Crippen LogP) is 6.98. The number of unbranched alkanes of at least 4 members (excludes halogenated alkanes) is 6. The molecule has 0 heterocycles. The Bertz CT molecular complexity index is 169. The summed E-state index contributed by atoms with van der Waals surface area (Å²) in [6.45, 7) is 12.0. The largest absolute Gasteiger partial charge is 0.0654 e. The van der Waals surface area contributed by atoms with E-state index in [1.165, 1.54) is 70.6 Å². The standard InChI is InChI=1S/C18H38/c1-6-8-10-11-13-15-18(4,5)16-17(3)14-12-9-7-2/h17H,6-16H2,1-5H3. The van der Waals surface area contributed by atoms with Crippen LogP contribution < -0.4 is 0 Å². The van der Waals surface area contributed by atoms with E-state index in [9.17, 15) is 0 Å². The third-order valence-electron chi connectivity index (χ3n) is 4.16. The fraction of sp³-hybridized carbons (Fsp3) is 1.00. The van der Waals surface area contributed by atoms with E-state index in [0.29, 0.717) is 5.41 Å². The Kier molecular flexibility index (Phi) is 10.9. The lowest BCUT2D eigenvalue weighted by atomic mass is 9.78. The van der Waals surface area contributed by atoms with Crippen LogP contribution in [0.25, 0.3) is 0 Å². The van der Waals surface area contributed by atoms with Gasteiger partial charge in [0.25, 0.3) is 0 Å². The van der Waals surface area contributed by atoms with Crippen LogP contribution in [0.1, 0.15) is 105 Å². The molecule has 1 unspecified atom stereocenters. The van der Waals surface area contributed by atoms with Gasteiger partial charge in [0.15, 0.2) is 0 Å². The second-order valence-corrected chi connectivity index (χ2v) is 7.13. The highest BCUT2D eigenvalue weighted by atomic mass is 14.3. The smallest absolute Gasteiger partial charge is 0.0352 e. The first-order valence-electron chi connectivity index (χ1n) is 8.52. The zero-order valence-electron chi connectivity index (χ0n) is 13.9. The highest BCUT2D eigenvalue weighted by Gasteiger charge is 2.20. The third-order valence-corrected chi connectivity index (χ3v) is 4.16. The lowest BCUT2D eigenvalue weighted by molar-refractivity contribution is 0.238. The molecule has 0 saturated heterocycles. The van der Waals surface area contributed by atoms with Crippen molar-refractivity contribution in [2.75, 3.05) is 0 Å². The molecule has 0 aromatic carbocycles. The van der Waals surface area contributed by atoms with E-state index in [-0.39, 0.29) is 0 Å². The fourth-order valence-corrected chi connectivity index (χ4v) is 3.10. The molecule has 0 aliphatic rings. The second-order valence-electron chi connectivity index (χ2n) is 7.13. The zero-order chi connectivity index (χ0) is 13.9. The molecule has 0 amide bonds. The van der Waals surface area contributed by atoms with Gasteiger partial charge in [-0.15, -0.1) is 0 Å². The average Bonchev–Trinajstić information content (AvgIpc) is 2.28. The zero-order valence-corrected chi connectivity index (χ0v) is 13.9. The monoisotopic (exact) mass is 254 g/mol. The topological polar surface area (TPSA) is 0 Å². The molecule has 0 saturated carbocycles. The van der Waals surface area contributed by atoms with Crippen molar-refractivity contribution in [3.63, 3.8) is 0 Å². The maximum Gasteiger partial charge on any atom is -0.0352 e. The van der Waals surface area contributed by atoms with Crippen LogP contribution >= 0.6 is 0 Å². The van der Waals surface area contributed by atoms with E-state index in [0.717, 1.165) is 5.92 Å². The third kappa shape index (κ3) is 11.1. The molecule has 1 atom stereocenters. The highest BCUT2D eigenvalue weighted by Crippen LogP contribution is 2.33. The minimum absolute atomic E-state index is 0.567. The summed E-state index contributed by atoms with van der Waals surface area (Å²) in [6.07, 6.45) is 15.6. The lowest BCUT2D eigenvalue weighted by Crippen LogP contribution is -2.15. The molecule has 110 valence electrons. The van der Waals surface area contributed by atoms with Crippen LogP contribution in [0.4, 0.5) is 0 Å². The molecule has 0 heteroatoms. The van der Waals surface area contributed by atoms with Crippen molar-refractivity contribution >= 4 is 0 Å². The van der Waals surface area contributed by atoms with Gasteiger partial charge in [-0.25, -0.2) is 0 Å². The van der Waals surface area contributed by atoms with Crippen molar-refractivity contribution < 1.29 is 0 Å². The van der Waals surface area contributed by atoms with Crippen LogP contribution in [0.3, 0.4) is 0 Å². The van der Waals surface area contributed by atoms with Gasteiger partial charge in [-0.2, -0.15) is 0 Å². The normalized spacial score (nSPS) is 13.8. The second kappa shape index (κ2) is 10.9. The Morgan fingerprint density at radius 2 is 1.33 bits per heavy atom. The first-order chi connectivity index (χ1) is 8.52. The summed E-state index contributed by atoms with van der Waals surface area (Å²) in [5.74, 6) is 0.919. The molecule has 0 aliphatic carbocycles. The minimum Gasteiger partial charge on any atom is -0.0654 e. The van der Waals surface area contributed by atoms with Crippen LogP contribution in [0.5, 0.6) is 0 Å². The Labute approximate surface area is 117 Å². The van der Waals surface area contributed by atoms with Crippen LogP contribution in [0, 0.1) is 11.3 Å². The van der Waals surface area contributed by atoms with Crippen molar-refractivity contribution in [1.29, 1.82) is 0 Å². The van der Waals surface area contributed by atoms with E-state index < -0.39 is 0 Å². The van der Waals surface area contributed by atoms with Crippen LogP contribution in [0.2, 0.25) is 0 Å². The quantitative estimate of drug-likeness (QED) is 0.329. The molecule has 0 spiro atoms. The van der Waals surface area contributed by atoms with E-state index in [4.69, 9.17) is 0 Å². The molecule has 0 radical (unpaired) electrons. The lowest BCUT2D eigenvalue weighted by Gasteiger charge is -2.28. The van der Waals surface area contributed by atoms with E-state index in [1.54, 1.807) is 0 Å². The maximum absolute atomic E-state index is 2.48. The van der Waals surface area contributed by atoms with Gasteiger partial charge in [0.2, 0.25) is 0 Å². The van der Waals surface area contributed by atoms with E-state index in [1.807, 2.05) is 0 Å². The summed E-state index contributed by atoms with van der Waals surface area (Å²) in [4.78, 5) is 0. The molecular weight excluding hydrogens is 216 g/mol. The molecular formula is C18H38. The Balaban J connectivity index is 3.63. The Morgan fingerprint density at radius 1 is 0.778 bits per heavy atom. The fourth-order valence-electron chi connectivity index (χ4n) is 3.10. The van der Waals surface area contributed by atoms with Gasteiger partial charge in [-0.3, -0.25) is 0 Å². The summed E-state index contributed by atoms with van der Waals surface area (Å²) in [6, 6.07) is 0. The van der Waals surface area contributed by atoms with Gasteiger partial charge in [0, 0.05) is 0 Å². The van der Waals surface area contributed by atoms with Gasteiger partial charge in [0.05, 0.1) is 0 Å². The number of hydrogen-bond donors (Lipinski definition) is 0. The van der Waals surface area contributed by atoms with Crippen molar-refractivity contribution in [3.05, 3.63) is 0 Å². The van der Waals surface area contributed by atoms with Gasteiger partial charge in [-0.05, 0) is 24.2 Å². The molecule has 0 nitrogen and oxygen atoms in total. The van der Waals surface area contributed by atoms with Gasteiger partial charge < -0.3 is 0 Å². The van der Waals surface area contributed by atoms with Gasteiger partial charge >= 0.3 is 0 Å². The van der Waals surface area contributed by atoms with E-state index in [2.05, 4.69) is 34.6 Å². The summed E-state index contributed by atoms with van der Waals surface area (Å²) < 4.78 is 0. The molecule has 0 N–H and O–H groups in total. The molecule has 0 rings (SSSR count). The number of hydrogen-bond acceptors (Lipinski definition) is 0. The SMILES string of the molecule is CCCCCCCC(C)(C)CC(C)CCCCC. The van der Waals surface area contributed by atoms with Crippen LogP contribution in [-0.4, -0.2) is 0 Å². The van der Waals surface area contributed by atoms with Crippen molar-refractivity contribution in [3.8, 4) is 0 Å². The Hall–Kier alpha value is 0. The van der Waals surface area contributed by atoms with Crippen molar-refractivity contribution in [2.24, 2.45) is 11.3 Å². The molecule has 0 bridgehead atoms. The average molecular weight is 255 g/mol. The predicted molar refractivity (Wildman–Crippen MR) is 85.1 cm³/mol. The van der Waals surface area contributed by atoms with Crippen molar-refractivity contribution in [1.82, 2.24) is 0 Å². The maximum atomic E-state index is 2.48. The van der Waals surface area contributed by atoms with Gasteiger partial charge in [0.1, 0.15) is 0 Å². The van der Waals surface area contributed by atoms with Crippen LogP contribution in [0.15, 0.2) is 0 Å². The molecule has 0 aromatic rings. The summed E-state index contributed by atoms with van der Waals surface area (Å²) in [5, 5.41) is 0. The summed E-state index contributed by atoms with van der Waals surface area (Å²) in [5.41, 5.74) is 0.567. The highest BCUT2D eigenvalue weighted by molar-refractivity contribution is 4.72.